The quantitative estimate of drug-likeness (QED) is 0.834. The summed E-state index contributed by atoms with van der Waals surface area (Å²) in [5.41, 5.74) is 1.86. The number of amides is 1. The van der Waals surface area contributed by atoms with Crippen LogP contribution in [0.1, 0.15) is 18.7 Å². The molecule has 0 saturated carbocycles. The second-order valence-electron chi connectivity index (χ2n) is 6.02. The molecule has 1 saturated heterocycles. The fourth-order valence-corrected chi connectivity index (χ4v) is 3.96. The van der Waals surface area contributed by atoms with Crippen LogP contribution in [-0.2, 0) is 21.2 Å². The van der Waals surface area contributed by atoms with Crippen LogP contribution in [0.2, 0.25) is 0 Å². The molecule has 7 nitrogen and oxygen atoms in total. The molecule has 124 valence electrons. The zero-order valence-electron chi connectivity index (χ0n) is 12.7. The number of benzene rings is 1. The number of nitrogens with one attached hydrogen (secondary N) is 1. The molecule has 0 unspecified atom stereocenters. The molecule has 1 aromatic heterocycles. The van der Waals surface area contributed by atoms with Gasteiger partial charge in [-0.1, -0.05) is 12.1 Å². The number of H-pyrrole nitrogens is 1. The molecule has 1 amide bonds. The average Bonchev–Trinajstić information content (AvgIpc) is 3.09. The minimum atomic E-state index is -3.48. The summed E-state index contributed by atoms with van der Waals surface area (Å²) in [5, 5.41) is 5.06. The van der Waals surface area contributed by atoms with Crippen LogP contribution in [0, 0.1) is 5.92 Å². The molecule has 1 aromatic carbocycles. The number of nitrogens with zero attached hydrogens (tertiary/aromatic N) is 2. The monoisotopic (exact) mass is 336 g/mol. The summed E-state index contributed by atoms with van der Waals surface area (Å²) < 4.78 is 22.2. The third-order valence-electron chi connectivity index (χ3n) is 4.12. The van der Waals surface area contributed by atoms with Gasteiger partial charge in [-0.3, -0.25) is 4.79 Å². The van der Waals surface area contributed by atoms with Crippen LogP contribution in [-0.4, -0.2) is 48.0 Å². The fraction of sp³-hybridized carbons (Fsp3) is 0.467. The normalized spacial score (nSPS) is 18.7. The highest BCUT2D eigenvalue weighted by Gasteiger charge is 2.28. The molecule has 2 heterocycles. The lowest BCUT2D eigenvalue weighted by molar-refractivity contribution is -0.130. The lowest BCUT2D eigenvalue weighted by Crippen LogP contribution is -2.31. The molecule has 8 heteroatoms. The first-order chi connectivity index (χ1) is 10.9. The van der Waals surface area contributed by atoms with Crippen molar-refractivity contribution in [3.63, 3.8) is 0 Å². The van der Waals surface area contributed by atoms with Crippen LogP contribution in [0.25, 0.3) is 11.0 Å². The van der Waals surface area contributed by atoms with Gasteiger partial charge < -0.3 is 9.88 Å². The minimum Gasteiger partial charge on any atom is -0.342 e. The molecule has 2 aromatic rings. The average molecular weight is 336 g/mol. The van der Waals surface area contributed by atoms with Gasteiger partial charge in [-0.15, -0.1) is 0 Å². The number of imidazole rings is 1. The molecule has 1 aliphatic rings. The Morgan fingerprint density at radius 3 is 2.91 bits per heavy atom. The summed E-state index contributed by atoms with van der Waals surface area (Å²) in [6.07, 6.45) is 1.60. The van der Waals surface area contributed by atoms with Gasteiger partial charge in [0.2, 0.25) is 15.9 Å². The number of rotatable bonds is 5. The van der Waals surface area contributed by atoms with Crippen LogP contribution in [0.3, 0.4) is 0 Å². The summed E-state index contributed by atoms with van der Waals surface area (Å²) >= 11 is 0. The number of carbonyl (C=O) groups excluding carboxylic acids is 1. The predicted molar refractivity (Wildman–Crippen MR) is 87.1 cm³/mol. The SMILES string of the molecule is NS(=O)(=O)C[C@H]1CCN(C(=O)CCc2nc3ccccc3[nH]2)C1. The van der Waals surface area contributed by atoms with Crippen LogP contribution >= 0.6 is 0 Å². The standard InChI is InChI=1S/C15H20N4O3S/c16-23(21,22)10-11-7-8-19(9-11)15(20)6-5-14-17-12-3-1-2-4-13(12)18-14/h1-4,11H,5-10H2,(H,17,18)(H2,16,21,22)/t11-/m0/s1. The maximum absolute atomic E-state index is 12.2. The molecule has 3 N–H and O–H groups in total. The predicted octanol–water partition coefficient (Wildman–Crippen LogP) is 0.633. The van der Waals surface area contributed by atoms with Crippen molar-refractivity contribution in [2.45, 2.75) is 19.3 Å². The molecule has 0 aliphatic carbocycles. The number of nitrogens with two attached hydrogens (primary N) is 1. The lowest BCUT2D eigenvalue weighted by atomic mass is 10.2. The summed E-state index contributed by atoms with van der Waals surface area (Å²) in [7, 11) is -3.48. The van der Waals surface area contributed by atoms with Gasteiger partial charge in [-0.05, 0) is 24.5 Å². The van der Waals surface area contributed by atoms with E-state index in [1.165, 1.54) is 0 Å². The topological polar surface area (TPSA) is 109 Å². The molecule has 0 bridgehead atoms. The highest BCUT2D eigenvalue weighted by atomic mass is 32.2. The highest BCUT2D eigenvalue weighted by molar-refractivity contribution is 7.89. The molecule has 1 fully saturated rings. The number of aromatic amines is 1. The molecule has 1 aliphatic heterocycles. The summed E-state index contributed by atoms with van der Waals surface area (Å²) in [6, 6.07) is 7.74. The minimum absolute atomic E-state index is 0.0300. The Morgan fingerprint density at radius 1 is 1.39 bits per heavy atom. The number of fused-ring (bicyclic) bond motifs is 1. The van der Waals surface area contributed by atoms with Gasteiger partial charge >= 0.3 is 0 Å². The lowest BCUT2D eigenvalue weighted by Gasteiger charge is -2.16. The van der Waals surface area contributed by atoms with Crippen LogP contribution < -0.4 is 5.14 Å². The van der Waals surface area contributed by atoms with Gasteiger partial charge in [-0.25, -0.2) is 18.5 Å². The first-order valence-corrected chi connectivity index (χ1v) is 9.34. The van der Waals surface area contributed by atoms with E-state index in [0.717, 1.165) is 16.9 Å². The number of likely N-dealkylation sites (tertiary alicyclic amines) is 1. The van der Waals surface area contributed by atoms with E-state index in [4.69, 9.17) is 5.14 Å². The Labute approximate surface area is 134 Å². The van der Waals surface area contributed by atoms with Crippen molar-refractivity contribution in [2.24, 2.45) is 11.1 Å². The summed E-state index contributed by atoms with van der Waals surface area (Å²) in [4.78, 5) is 21.6. The Kier molecular flexibility index (Phi) is 4.36. The zero-order valence-corrected chi connectivity index (χ0v) is 13.6. The molecule has 0 radical (unpaired) electrons. The fourth-order valence-electron chi connectivity index (χ4n) is 3.03. The maximum Gasteiger partial charge on any atom is 0.223 e. The first kappa shape index (κ1) is 15.9. The van der Waals surface area contributed by atoms with Crippen molar-refractivity contribution >= 4 is 27.0 Å². The van der Waals surface area contributed by atoms with E-state index in [1.807, 2.05) is 24.3 Å². The number of sulfonamides is 1. The molecular formula is C15H20N4O3S. The van der Waals surface area contributed by atoms with Gasteiger partial charge in [0, 0.05) is 25.9 Å². The largest absolute Gasteiger partial charge is 0.342 e. The first-order valence-electron chi connectivity index (χ1n) is 7.62. The van der Waals surface area contributed by atoms with Gasteiger partial charge in [-0.2, -0.15) is 0 Å². The van der Waals surface area contributed by atoms with Gasteiger partial charge in [0.05, 0.1) is 16.8 Å². The van der Waals surface area contributed by atoms with Crippen LogP contribution in [0.4, 0.5) is 0 Å². The van der Waals surface area contributed by atoms with E-state index >= 15 is 0 Å². The highest BCUT2D eigenvalue weighted by Crippen LogP contribution is 2.19. The van der Waals surface area contributed by atoms with Crippen molar-refractivity contribution < 1.29 is 13.2 Å². The van der Waals surface area contributed by atoms with E-state index in [0.29, 0.717) is 32.4 Å². The molecule has 23 heavy (non-hydrogen) atoms. The maximum atomic E-state index is 12.2. The van der Waals surface area contributed by atoms with Crippen molar-refractivity contribution in [3.05, 3.63) is 30.1 Å². The summed E-state index contributed by atoms with van der Waals surface area (Å²) in [6.45, 7) is 1.06. The summed E-state index contributed by atoms with van der Waals surface area (Å²) in [5.74, 6) is 0.711. The van der Waals surface area contributed by atoms with E-state index < -0.39 is 10.0 Å². The third kappa shape index (κ3) is 4.08. The molecule has 3 rings (SSSR count). The van der Waals surface area contributed by atoms with Crippen molar-refractivity contribution in [2.75, 3.05) is 18.8 Å². The Hall–Kier alpha value is -1.93. The van der Waals surface area contributed by atoms with Gasteiger partial charge in [0.1, 0.15) is 5.82 Å². The second-order valence-corrected chi connectivity index (χ2v) is 7.68. The van der Waals surface area contributed by atoms with Crippen molar-refractivity contribution in [1.29, 1.82) is 0 Å². The zero-order chi connectivity index (χ0) is 16.4. The van der Waals surface area contributed by atoms with E-state index in [9.17, 15) is 13.2 Å². The number of primary sulfonamides is 1. The second kappa shape index (κ2) is 6.29. The Balaban J connectivity index is 1.53. The number of aryl methyl sites for hydroxylation is 1. The number of para-hydroxylation sites is 2. The Bertz CT molecular complexity index is 782. The van der Waals surface area contributed by atoms with Crippen LogP contribution in [0.5, 0.6) is 0 Å². The smallest absolute Gasteiger partial charge is 0.223 e. The van der Waals surface area contributed by atoms with E-state index in [2.05, 4.69) is 9.97 Å². The van der Waals surface area contributed by atoms with Crippen LogP contribution in [0.15, 0.2) is 24.3 Å². The van der Waals surface area contributed by atoms with Crippen molar-refractivity contribution in [1.82, 2.24) is 14.9 Å². The molecule has 1 atom stereocenters. The third-order valence-corrected chi connectivity index (χ3v) is 5.06. The number of hydrogen-bond acceptors (Lipinski definition) is 4. The number of hydrogen-bond donors (Lipinski definition) is 2. The Morgan fingerprint density at radius 2 is 2.17 bits per heavy atom. The van der Waals surface area contributed by atoms with Gasteiger partial charge in [0.15, 0.2) is 0 Å². The molecular weight excluding hydrogens is 316 g/mol. The number of carbonyl (C=O) groups is 1. The number of aromatic nitrogens is 2. The van der Waals surface area contributed by atoms with Crippen molar-refractivity contribution in [3.8, 4) is 0 Å². The molecule has 0 spiro atoms. The van der Waals surface area contributed by atoms with E-state index in [-0.39, 0.29) is 17.6 Å². The van der Waals surface area contributed by atoms with E-state index in [1.54, 1.807) is 4.90 Å². The van der Waals surface area contributed by atoms with Gasteiger partial charge in [0.25, 0.3) is 0 Å².